The van der Waals surface area contributed by atoms with E-state index in [0.717, 1.165) is 6.42 Å². The second-order valence-electron chi connectivity index (χ2n) is 4.76. The molecule has 1 saturated carbocycles. The zero-order valence-electron chi connectivity index (χ0n) is 9.93. The summed E-state index contributed by atoms with van der Waals surface area (Å²) in [5.74, 6) is -0.145. The van der Waals surface area contributed by atoms with Crippen LogP contribution in [-0.4, -0.2) is 24.8 Å². The van der Waals surface area contributed by atoms with Crippen molar-refractivity contribution in [3.8, 4) is 0 Å². The van der Waals surface area contributed by atoms with Gasteiger partial charge in [-0.25, -0.2) is 0 Å². The van der Waals surface area contributed by atoms with Gasteiger partial charge in [-0.2, -0.15) is 0 Å². The van der Waals surface area contributed by atoms with Gasteiger partial charge < -0.3 is 4.74 Å². The van der Waals surface area contributed by atoms with Gasteiger partial charge >= 0.3 is 0 Å². The van der Waals surface area contributed by atoms with Crippen LogP contribution in [0.5, 0.6) is 0 Å². The SMILES string of the molecule is C=CCOCC1CC(=O)C2CC=CCC1C2=O. The van der Waals surface area contributed by atoms with Gasteiger partial charge in [-0.05, 0) is 18.8 Å². The number of rotatable bonds is 4. The molecule has 0 aliphatic heterocycles. The van der Waals surface area contributed by atoms with E-state index >= 15 is 0 Å². The van der Waals surface area contributed by atoms with Crippen molar-refractivity contribution in [3.05, 3.63) is 24.8 Å². The van der Waals surface area contributed by atoms with Crippen LogP contribution in [0.4, 0.5) is 0 Å². The van der Waals surface area contributed by atoms with Gasteiger partial charge in [0, 0.05) is 12.3 Å². The molecule has 0 amide bonds. The van der Waals surface area contributed by atoms with Crippen LogP contribution in [0.3, 0.4) is 0 Å². The minimum atomic E-state index is -0.380. The Balaban J connectivity index is 2.07. The maximum absolute atomic E-state index is 12.1. The standard InChI is InChI=1S/C14H18O3/c1-2-7-17-9-10-8-13(15)12-6-4-3-5-11(10)14(12)16/h2-4,10-12H,1,5-9H2. The molecule has 0 radical (unpaired) electrons. The number of hydrogen-bond donors (Lipinski definition) is 0. The third-order valence-corrected chi connectivity index (χ3v) is 3.63. The number of fused-ring (bicyclic) bond motifs is 2. The highest BCUT2D eigenvalue weighted by molar-refractivity contribution is 6.06. The van der Waals surface area contributed by atoms with Crippen molar-refractivity contribution < 1.29 is 14.3 Å². The molecule has 0 spiro atoms. The van der Waals surface area contributed by atoms with E-state index in [-0.39, 0.29) is 29.3 Å². The van der Waals surface area contributed by atoms with E-state index < -0.39 is 0 Å². The van der Waals surface area contributed by atoms with Crippen LogP contribution in [0, 0.1) is 17.8 Å². The molecule has 3 nitrogen and oxygen atoms in total. The summed E-state index contributed by atoms with van der Waals surface area (Å²) >= 11 is 0. The van der Waals surface area contributed by atoms with Gasteiger partial charge in [-0.3, -0.25) is 9.59 Å². The molecule has 0 heterocycles. The van der Waals surface area contributed by atoms with E-state index in [1.54, 1.807) is 6.08 Å². The van der Waals surface area contributed by atoms with Crippen molar-refractivity contribution >= 4 is 11.6 Å². The molecule has 2 aliphatic rings. The van der Waals surface area contributed by atoms with Crippen molar-refractivity contribution in [2.45, 2.75) is 19.3 Å². The molecule has 0 N–H and O–H groups in total. The second kappa shape index (κ2) is 5.41. The van der Waals surface area contributed by atoms with Gasteiger partial charge in [0.25, 0.3) is 0 Å². The van der Waals surface area contributed by atoms with Crippen LogP contribution < -0.4 is 0 Å². The third kappa shape index (κ3) is 2.55. The van der Waals surface area contributed by atoms with E-state index in [0.29, 0.717) is 26.1 Å². The first-order valence-corrected chi connectivity index (χ1v) is 6.14. The Hall–Kier alpha value is -1.22. The maximum Gasteiger partial charge on any atom is 0.147 e. The molecular weight excluding hydrogens is 216 g/mol. The molecule has 92 valence electrons. The van der Waals surface area contributed by atoms with Gasteiger partial charge in [0.05, 0.1) is 19.1 Å². The number of allylic oxidation sites excluding steroid dienone is 2. The number of ketones is 2. The summed E-state index contributed by atoms with van der Waals surface area (Å²) in [6, 6.07) is 0. The molecule has 0 aromatic carbocycles. The molecule has 17 heavy (non-hydrogen) atoms. The molecule has 3 atom stereocenters. The predicted octanol–water partition coefficient (Wildman–Crippen LogP) is 1.93. The van der Waals surface area contributed by atoms with Gasteiger partial charge in [0.1, 0.15) is 11.6 Å². The monoisotopic (exact) mass is 234 g/mol. The Kier molecular flexibility index (Phi) is 3.89. The normalized spacial score (nSPS) is 32.4. The van der Waals surface area contributed by atoms with E-state index in [9.17, 15) is 9.59 Å². The second-order valence-corrected chi connectivity index (χ2v) is 4.76. The number of Topliss-reactive ketones (excluding diaryl/α,β-unsaturated/α-hetero) is 2. The summed E-state index contributed by atoms with van der Waals surface area (Å²) in [5, 5.41) is 0. The van der Waals surface area contributed by atoms with Crippen molar-refractivity contribution in [2.75, 3.05) is 13.2 Å². The molecule has 2 bridgehead atoms. The van der Waals surface area contributed by atoms with Crippen LogP contribution in [0.2, 0.25) is 0 Å². The lowest BCUT2D eigenvalue weighted by Crippen LogP contribution is -2.41. The first-order chi connectivity index (χ1) is 8.24. The fourth-order valence-corrected chi connectivity index (χ4v) is 2.70. The Morgan fingerprint density at radius 2 is 2.12 bits per heavy atom. The van der Waals surface area contributed by atoms with Gasteiger partial charge in [0.2, 0.25) is 0 Å². The first kappa shape index (κ1) is 12.2. The number of hydrogen-bond acceptors (Lipinski definition) is 3. The van der Waals surface area contributed by atoms with Crippen molar-refractivity contribution in [2.24, 2.45) is 17.8 Å². The molecule has 1 fully saturated rings. The van der Waals surface area contributed by atoms with Crippen molar-refractivity contribution in [1.29, 1.82) is 0 Å². The lowest BCUT2D eigenvalue weighted by molar-refractivity contribution is -0.142. The molecule has 0 aromatic heterocycles. The largest absolute Gasteiger partial charge is 0.377 e. The molecule has 3 unspecified atom stereocenters. The number of carbonyl (C=O) groups excluding carboxylic acids is 2. The van der Waals surface area contributed by atoms with Gasteiger partial charge in [-0.15, -0.1) is 6.58 Å². The topological polar surface area (TPSA) is 43.4 Å². The highest BCUT2D eigenvalue weighted by Crippen LogP contribution is 2.35. The Morgan fingerprint density at radius 3 is 2.88 bits per heavy atom. The van der Waals surface area contributed by atoms with E-state index in [2.05, 4.69) is 6.58 Å². The minimum absolute atomic E-state index is 0.0266. The Bertz CT molecular complexity index is 356. The van der Waals surface area contributed by atoms with Crippen LogP contribution in [0.25, 0.3) is 0 Å². The number of carbonyl (C=O) groups is 2. The molecule has 0 saturated heterocycles. The lowest BCUT2D eigenvalue weighted by Gasteiger charge is -2.31. The average Bonchev–Trinajstić information content (AvgIpc) is 2.44. The third-order valence-electron chi connectivity index (χ3n) is 3.63. The minimum Gasteiger partial charge on any atom is -0.377 e. The van der Waals surface area contributed by atoms with Crippen LogP contribution >= 0.6 is 0 Å². The van der Waals surface area contributed by atoms with Crippen LogP contribution in [-0.2, 0) is 14.3 Å². The smallest absolute Gasteiger partial charge is 0.147 e. The molecule has 2 aliphatic carbocycles. The molecule has 2 rings (SSSR count). The van der Waals surface area contributed by atoms with E-state index in [1.807, 2.05) is 12.2 Å². The van der Waals surface area contributed by atoms with Crippen molar-refractivity contribution in [3.63, 3.8) is 0 Å². The summed E-state index contributed by atoms with van der Waals surface area (Å²) < 4.78 is 5.40. The molecule has 3 heteroatoms. The van der Waals surface area contributed by atoms with Crippen LogP contribution in [0.15, 0.2) is 24.8 Å². The summed E-state index contributed by atoms with van der Waals surface area (Å²) in [6.45, 7) is 4.54. The summed E-state index contributed by atoms with van der Waals surface area (Å²) in [4.78, 5) is 24.0. The van der Waals surface area contributed by atoms with Crippen LogP contribution in [0.1, 0.15) is 19.3 Å². The first-order valence-electron chi connectivity index (χ1n) is 6.14. The highest BCUT2D eigenvalue weighted by atomic mass is 16.5. The summed E-state index contributed by atoms with van der Waals surface area (Å²) in [6.07, 6.45) is 7.51. The van der Waals surface area contributed by atoms with Gasteiger partial charge in [0.15, 0.2) is 0 Å². The zero-order valence-corrected chi connectivity index (χ0v) is 9.93. The Labute approximate surface area is 102 Å². The fourth-order valence-electron chi connectivity index (χ4n) is 2.70. The highest BCUT2D eigenvalue weighted by Gasteiger charge is 2.42. The van der Waals surface area contributed by atoms with Gasteiger partial charge in [-0.1, -0.05) is 18.2 Å². The van der Waals surface area contributed by atoms with E-state index in [1.165, 1.54) is 0 Å². The summed E-state index contributed by atoms with van der Waals surface area (Å²) in [7, 11) is 0. The lowest BCUT2D eigenvalue weighted by atomic mass is 9.71. The summed E-state index contributed by atoms with van der Waals surface area (Å²) in [5.41, 5.74) is 0. The zero-order chi connectivity index (χ0) is 12.3. The number of ether oxygens (including phenoxy) is 1. The average molecular weight is 234 g/mol. The predicted molar refractivity (Wildman–Crippen MR) is 64.5 cm³/mol. The quantitative estimate of drug-likeness (QED) is 0.424. The van der Waals surface area contributed by atoms with E-state index in [4.69, 9.17) is 4.74 Å². The molecule has 0 aromatic rings. The molecular formula is C14H18O3. The Morgan fingerprint density at radius 1 is 1.35 bits per heavy atom. The van der Waals surface area contributed by atoms with Crippen molar-refractivity contribution in [1.82, 2.24) is 0 Å². The fraction of sp³-hybridized carbons (Fsp3) is 0.571. The maximum atomic E-state index is 12.1.